The molecule has 1 saturated carbocycles. The van der Waals surface area contributed by atoms with Crippen molar-refractivity contribution in [2.45, 2.75) is 38.3 Å². The van der Waals surface area contributed by atoms with Gasteiger partial charge in [0.15, 0.2) is 0 Å². The molecule has 0 spiro atoms. The highest BCUT2D eigenvalue weighted by Crippen LogP contribution is 2.29. The highest BCUT2D eigenvalue weighted by molar-refractivity contribution is 5.39. The van der Waals surface area contributed by atoms with Gasteiger partial charge in [-0.2, -0.15) is 0 Å². The van der Waals surface area contributed by atoms with Gasteiger partial charge in [-0.3, -0.25) is 0 Å². The second-order valence-electron chi connectivity index (χ2n) is 5.30. The highest BCUT2D eigenvalue weighted by atomic mass is 16.5. The Hall–Kier alpha value is -1.26. The topological polar surface area (TPSA) is 39.7 Å². The molecular weight excluding hydrogens is 254 g/mol. The Morgan fingerprint density at radius 1 is 1.15 bits per heavy atom. The highest BCUT2D eigenvalue weighted by Gasteiger charge is 2.23. The zero-order valence-electron chi connectivity index (χ0n) is 12.6. The largest absolute Gasteiger partial charge is 0.497 e. The van der Waals surface area contributed by atoms with Crippen LogP contribution in [0.25, 0.3) is 0 Å². The summed E-state index contributed by atoms with van der Waals surface area (Å²) in [5.74, 6) is 1.70. The van der Waals surface area contributed by atoms with Crippen LogP contribution in [0.5, 0.6) is 11.5 Å². The van der Waals surface area contributed by atoms with E-state index in [1.54, 1.807) is 14.2 Å². The van der Waals surface area contributed by atoms with Crippen LogP contribution in [0.2, 0.25) is 0 Å². The fraction of sp³-hybridized carbons (Fsp3) is 0.625. The van der Waals surface area contributed by atoms with Gasteiger partial charge < -0.3 is 19.5 Å². The molecule has 1 atom stereocenters. The van der Waals surface area contributed by atoms with Gasteiger partial charge in [0.25, 0.3) is 0 Å². The minimum atomic E-state index is 0.318. The van der Waals surface area contributed by atoms with Crippen LogP contribution in [-0.4, -0.2) is 33.5 Å². The molecule has 1 N–H and O–H groups in total. The van der Waals surface area contributed by atoms with Crippen LogP contribution >= 0.6 is 0 Å². The van der Waals surface area contributed by atoms with Crippen LogP contribution in [0.15, 0.2) is 18.2 Å². The summed E-state index contributed by atoms with van der Waals surface area (Å²) in [5.41, 5.74) is 1.21. The summed E-state index contributed by atoms with van der Waals surface area (Å²) in [6.45, 7) is 3.56. The van der Waals surface area contributed by atoms with Crippen LogP contribution in [0.1, 0.15) is 37.8 Å². The molecule has 112 valence electrons. The van der Waals surface area contributed by atoms with E-state index in [2.05, 4.69) is 24.4 Å². The quantitative estimate of drug-likeness (QED) is 0.706. The number of ether oxygens (including phenoxy) is 3. The molecule has 4 heteroatoms. The second kappa shape index (κ2) is 7.50. The standard InChI is InChI=1S/C16H25NO3/c1-12(17-14-5-6-14)13-9-15(19-3)11-16(10-13)20-8-4-7-18-2/h9-12,14,17H,4-8H2,1-3H3. The van der Waals surface area contributed by atoms with Crippen LogP contribution in [0.4, 0.5) is 0 Å². The lowest BCUT2D eigenvalue weighted by Crippen LogP contribution is -2.20. The number of methoxy groups -OCH3 is 2. The Labute approximate surface area is 121 Å². The maximum Gasteiger partial charge on any atom is 0.123 e. The molecule has 0 aliphatic heterocycles. The zero-order chi connectivity index (χ0) is 14.4. The number of rotatable bonds is 9. The molecule has 1 aliphatic carbocycles. The first-order valence-corrected chi connectivity index (χ1v) is 7.29. The number of hydrogen-bond acceptors (Lipinski definition) is 4. The van der Waals surface area contributed by atoms with Crippen molar-refractivity contribution in [3.05, 3.63) is 23.8 Å². The second-order valence-corrected chi connectivity index (χ2v) is 5.30. The van der Waals surface area contributed by atoms with Crippen molar-refractivity contribution in [1.29, 1.82) is 0 Å². The predicted molar refractivity (Wildman–Crippen MR) is 79.6 cm³/mol. The SMILES string of the molecule is COCCCOc1cc(OC)cc(C(C)NC2CC2)c1. The van der Waals surface area contributed by atoms with Crippen LogP contribution in [0.3, 0.4) is 0 Å². The molecule has 4 nitrogen and oxygen atoms in total. The van der Waals surface area contributed by atoms with E-state index in [9.17, 15) is 0 Å². The molecule has 1 unspecified atom stereocenters. The molecule has 0 aromatic heterocycles. The van der Waals surface area contributed by atoms with Crippen molar-refractivity contribution < 1.29 is 14.2 Å². The third kappa shape index (κ3) is 4.69. The fourth-order valence-corrected chi connectivity index (χ4v) is 2.14. The summed E-state index contributed by atoms with van der Waals surface area (Å²) < 4.78 is 16.2. The average Bonchev–Trinajstić information content (AvgIpc) is 3.27. The minimum absolute atomic E-state index is 0.318. The van der Waals surface area contributed by atoms with Gasteiger partial charge in [0.2, 0.25) is 0 Å². The van der Waals surface area contributed by atoms with Gasteiger partial charge in [-0.15, -0.1) is 0 Å². The van der Waals surface area contributed by atoms with Crippen molar-refractivity contribution in [2.24, 2.45) is 0 Å². The van der Waals surface area contributed by atoms with E-state index in [-0.39, 0.29) is 0 Å². The van der Waals surface area contributed by atoms with E-state index in [1.165, 1.54) is 18.4 Å². The molecular formula is C16H25NO3. The Balaban J connectivity index is 1.98. The summed E-state index contributed by atoms with van der Waals surface area (Å²) in [7, 11) is 3.39. The van der Waals surface area contributed by atoms with E-state index in [1.807, 2.05) is 6.07 Å². The van der Waals surface area contributed by atoms with Crippen molar-refractivity contribution >= 4 is 0 Å². The molecule has 2 rings (SSSR count). The molecule has 0 heterocycles. The van der Waals surface area contributed by atoms with Gasteiger partial charge in [-0.05, 0) is 37.5 Å². The maximum atomic E-state index is 5.77. The average molecular weight is 279 g/mol. The van der Waals surface area contributed by atoms with Crippen molar-refractivity contribution in [3.8, 4) is 11.5 Å². The summed E-state index contributed by atoms with van der Waals surface area (Å²) in [5, 5.41) is 3.59. The molecule has 1 aromatic rings. The molecule has 1 aliphatic rings. The van der Waals surface area contributed by atoms with Crippen molar-refractivity contribution in [1.82, 2.24) is 5.32 Å². The van der Waals surface area contributed by atoms with Crippen molar-refractivity contribution in [2.75, 3.05) is 27.4 Å². The first kappa shape index (κ1) is 15.1. The van der Waals surface area contributed by atoms with Crippen LogP contribution in [-0.2, 0) is 4.74 Å². The van der Waals surface area contributed by atoms with Crippen molar-refractivity contribution in [3.63, 3.8) is 0 Å². The Morgan fingerprint density at radius 2 is 1.90 bits per heavy atom. The van der Waals surface area contributed by atoms with Gasteiger partial charge in [-0.25, -0.2) is 0 Å². The summed E-state index contributed by atoms with van der Waals surface area (Å²) in [6, 6.07) is 7.10. The van der Waals surface area contributed by atoms with E-state index >= 15 is 0 Å². The lowest BCUT2D eigenvalue weighted by atomic mass is 10.1. The van der Waals surface area contributed by atoms with Gasteiger partial charge >= 0.3 is 0 Å². The third-order valence-electron chi connectivity index (χ3n) is 3.46. The Bertz CT molecular complexity index is 418. The Kier molecular flexibility index (Phi) is 5.68. The lowest BCUT2D eigenvalue weighted by Gasteiger charge is -2.16. The molecule has 0 amide bonds. The molecule has 0 saturated heterocycles. The van der Waals surface area contributed by atoms with Crippen LogP contribution < -0.4 is 14.8 Å². The first-order chi connectivity index (χ1) is 9.72. The number of hydrogen-bond donors (Lipinski definition) is 1. The van der Waals surface area contributed by atoms with Gasteiger partial charge in [0, 0.05) is 38.3 Å². The molecule has 0 bridgehead atoms. The molecule has 20 heavy (non-hydrogen) atoms. The normalized spacial score (nSPS) is 15.9. The van der Waals surface area contributed by atoms with E-state index in [4.69, 9.17) is 14.2 Å². The Morgan fingerprint density at radius 3 is 2.55 bits per heavy atom. The maximum absolute atomic E-state index is 5.77. The summed E-state index contributed by atoms with van der Waals surface area (Å²) >= 11 is 0. The van der Waals surface area contributed by atoms with E-state index in [0.717, 1.165) is 24.5 Å². The minimum Gasteiger partial charge on any atom is -0.497 e. The van der Waals surface area contributed by atoms with E-state index < -0.39 is 0 Å². The summed E-state index contributed by atoms with van der Waals surface area (Å²) in [6.07, 6.45) is 3.46. The lowest BCUT2D eigenvalue weighted by molar-refractivity contribution is 0.172. The molecule has 1 aromatic carbocycles. The molecule has 0 radical (unpaired) electrons. The smallest absolute Gasteiger partial charge is 0.123 e. The number of benzene rings is 1. The van der Waals surface area contributed by atoms with Gasteiger partial charge in [-0.1, -0.05) is 0 Å². The predicted octanol–water partition coefficient (Wildman–Crippen LogP) is 2.92. The molecule has 1 fully saturated rings. The first-order valence-electron chi connectivity index (χ1n) is 7.29. The third-order valence-corrected chi connectivity index (χ3v) is 3.46. The zero-order valence-corrected chi connectivity index (χ0v) is 12.6. The van der Waals surface area contributed by atoms with E-state index in [0.29, 0.717) is 18.7 Å². The fourth-order valence-electron chi connectivity index (χ4n) is 2.14. The van der Waals surface area contributed by atoms with Gasteiger partial charge in [0.1, 0.15) is 11.5 Å². The van der Waals surface area contributed by atoms with Crippen LogP contribution in [0, 0.1) is 0 Å². The summed E-state index contributed by atoms with van der Waals surface area (Å²) in [4.78, 5) is 0. The van der Waals surface area contributed by atoms with Gasteiger partial charge in [0.05, 0.1) is 13.7 Å². The number of nitrogens with one attached hydrogen (secondary N) is 1. The monoisotopic (exact) mass is 279 g/mol.